The first-order chi connectivity index (χ1) is 8.53. The molecule has 0 aromatic carbocycles. The zero-order chi connectivity index (χ0) is 13.2. The molecule has 1 unspecified atom stereocenters. The van der Waals surface area contributed by atoms with E-state index < -0.39 is 0 Å². The van der Waals surface area contributed by atoms with Crippen molar-refractivity contribution in [3.8, 4) is 0 Å². The molecular formula is C15H26N2S. The molecule has 0 saturated heterocycles. The summed E-state index contributed by atoms with van der Waals surface area (Å²) in [6.45, 7) is 9.33. The number of thiophene rings is 1. The molecule has 1 saturated carbocycles. The van der Waals surface area contributed by atoms with Crippen LogP contribution >= 0.6 is 11.3 Å². The molecule has 1 aliphatic rings. The first-order valence-corrected chi connectivity index (χ1v) is 7.89. The van der Waals surface area contributed by atoms with E-state index in [4.69, 9.17) is 0 Å². The number of nitrogens with one attached hydrogen (secondary N) is 1. The summed E-state index contributed by atoms with van der Waals surface area (Å²) in [5.74, 6) is 0. The van der Waals surface area contributed by atoms with E-state index in [0.29, 0.717) is 11.5 Å². The van der Waals surface area contributed by atoms with Gasteiger partial charge in [-0.3, -0.25) is 4.90 Å². The van der Waals surface area contributed by atoms with Crippen molar-refractivity contribution in [1.29, 1.82) is 0 Å². The Morgan fingerprint density at radius 2 is 2.22 bits per heavy atom. The Labute approximate surface area is 115 Å². The van der Waals surface area contributed by atoms with E-state index >= 15 is 0 Å². The van der Waals surface area contributed by atoms with Crippen LogP contribution in [-0.2, 0) is 6.54 Å². The summed E-state index contributed by atoms with van der Waals surface area (Å²) in [6.07, 6.45) is 2.77. The monoisotopic (exact) mass is 266 g/mol. The molecule has 1 atom stereocenters. The number of hydrogen-bond acceptors (Lipinski definition) is 3. The highest BCUT2D eigenvalue weighted by Gasteiger charge is 2.35. The van der Waals surface area contributed by atoms with Gasteiger partial charge in [0.25, 0.3) is 0 Å². The van der Waals surface area contributed by atoms with Gasteiger partial charge < -0.3 is 5.32 Å². The van der Waals surface area contributed by atoms with Crippen molar-refractivity contribution in [2.75, 3.05) is 13.6 Å². The summed E-state index contributed by atoms with van der Waals surface area (Å²) in [4.78, 5) is 2.68. The smallest absolute Gasteiger partial charge is 0.0245 e. The minimum Gasteiger partial charge on any atom is -0.317 e. The summed E-state index contributed by atoms with van der Waals surface area (Å²) in [5.41, 5.74) is 1.78. The van der Waals surface area contributed by atoms with Crippen molar-refractivity contribution >= 4 is 11.3 Å². The van der Waals surface area contributed by atoms with Gasteiger partial charge >= 0.3 is 0 Å². The molecule has 1 N–H and O–H groups in total. The fraction of sp³-hybridized carbons (Fsp3) is 0.733. The molecule has 0 bridgehead atoms. The van der Waals surface area contributed by atoms with E-state index in [9.17, 15) is 0 Å². The Morgan fingerprint density at radius 3 is 2.72 bits per heavy atom. The van der Waals surface area contributed by atoms with Crippen molar-refractivity contribution < 1.29 is 0 Å². The fourth-order valence-corrected chi connectivity index (χ4v) is 3.08. The second kappa shape index (κ2) is 5.72. The van der Waals surface area contributed by atoms with Gasteiger partial charge in [0.15, 0.2) is 0 Å². The lowest BCUT2D eigenvalue weighted by atomic mass is 9.84. The van der Waals surface area contributed by atoms with E-state index in [0.717, 1.165) is 12.6 Å². The van der Waals surface area contributed by atoms with E-state index in [1.165, 1.54) is 24.9 Å². The van der Waals surface area contributed by atoms with Crippen LogP contribution in [0, 0.1) is 5.41 Å². The molecule has 1 fully saturated rings. The Kier molecular flexibility index (Phi) is 4.46. The molecule has 1 aromatic heterocycles. The lowest BCUT2D eigenvalue weighted by Gasteiger charge is -2.37. The van der Waals surface area contributed by atoms with Gasteiger partial charge in [-0.2, -0.15) is 11.3 Å². The minimum absolute atomic E-state index is 0.313. The molecule has 0 aliphatic heterocycles. The van der Waals surface area contributed by atoms with E-state index in [-0.39, 0.29) is 0 Å². The van der Waals surface area contributed by atoms with Crippen LogP contribution in [0.4, 0.5) is 0 Å². The van der Waals surface area contributed by atoms with Gasteiger partial charge in [0.05, 0.1) is 0 Å². The van der Waals surface area contributed by atoms with Crippen LogP contribution in [0.2, 0.25) is 0 Å². The predicted octanol–water partition coefficient (Wildman–Crippen LogP) is 3.35. The van der Waals surface area contributed by atoms with Gasteiger partial charge in [0.2, 0.25) is 0 Å². The van der Waals surface area contributed by atoms with Crippen LogP contribution in [-0.4, -0.2) is 30.6 Å². The number of nitrogens with zero attached hydrogens (tertiary/aromatic N) is 1. The third-order valence-electron chi connectivity index (χ3n) is 4.24. The normalized spacial score (nSPS) is 18.3. The van der Waals surface area contributed by atoms with Crippen LogP contribution < -0.4 is 5.32 Å². The van der Waals surface area contributed by atoms with Crippen molar-refractivity contribution in [2.45, 2.75) is 52.2 Å². The van der Waals surface area contributed by atoms with Crippen LogP contribution in [0.1, 0.15) is 39.2 Å². The van der Waals surface area contributed by atoms with E-state index in [1.807, 2.05) is 0 Å². The van der Waals surface area contributed by atoms with E-state index in [1.54, 1.807) is 11.3 Å². The van der Waals surface area contributed by atoms with Crippen LogP contribution in [0.15, 0.2) is 16.8 Å². The number of hydrogen-bond donors (Lipinski definition) is 1. The molecule has 2 nitrogen and oxygen atoms in total. The molecule has 0 amide bonds. The van der Waals surface area contributed by atoms with Gasteiger partial charge in [0.1, 0.15) is 0 Å². The highest BCUT2D eigenvalue weighted by atomic mass is 32.1. The molecule has 1 aromatic rings. The van der Waals surface area contributed by atoms with E-state index in [2.05, 4.69) is 54.9 Å². The Bertz CT molecular complexity index is 355. The largest absolute Gasteiger partial charge is 0.317 e. The molecule has 0 spiro atoms. The zero-order valence-corrected chi connectivity index (χ0v) is 12.9. The van der Waals surface area contributed by atoms with Gasteiger partial charge in [0, 0.05) is 25.2 Å². The van der Waals surface area contributed by atoms with Crippen molar-refractivity contribution in [1.82, 2.24) is 10.2 Å². The third kappa shape index (κ3) is 3.56. The summed E-state index contributed by atoms with van der Waals surface area (Å²) < 4.78 is 0. The van der Waals surface area contributed by atoms with Crippen molar-refractivity contribution in [3.63, 3.8) is 0 Å². The SMILES string of the molecule is CNC(C)C(C)(C)CN(Cc1ccsc1)C1CC1. The Balaban J connectivity index is 1.98. The third-order valence-corrected chi connectivity index (χ3v) is 4.98. The lowest BCUT2D eigenvalue weighted by Crippen LogP contribution is -2.46. The maximum absolute atomic E-state index is 3.40. The van der Waals surface area contributed by atoms with Crippen LogP contribution in [0.25, 0.3) is 0 Å². The maximum Gasteiger partial charge on any atom is 0.0245 e. The summed E-state index contributed by atoms with van der Waals surface area (Å²) >= 11 is 1.80. The van der Waals surface area contributed by atoms with Gasteiger partial charge in [-0.15, -0.1) is 0 Å². The summed E-state index contributed by atoms with van der Waals surface area (Å²) in [6, 6.07) is 3.63. The number of rotatable bonds is 7. The molecule has 18 heavy (non-hydrogen) atoms. The molecule has 1 aliphatic carbocycles. The summed E-state index contributed by atoms with van der Waals surface area (Å²) in [7, 11) is 2.06. The summed E-state index contributed by atoms with van der Waals surface area (Å²) in [5, 5.41) is 7.87. The second-order valence-corrected chi connectivity index (χ2v) is 7.05. The van der Waals surface area contributed by atoms with Crippen LogP contribution in [0.3, 0.4) is 0 Å². The topological polar surface area (TPSA) is 15.3 Å². The molecule has 3 heteroatoms. The standard InChI is InChI=1S/C15H26N2S/c1-12(16-4)15(2,3)11-17(14-5-6-14)9-13-7-8-18-10-13/h7-8,10,12,14,16H,5-6,9,11H2,1-4H3. The minimum atomic E-state index is 0.313. The Morgan fingerprint density at radius 1 is 1.50 bits per heavy atom. The van der Waals surface area contributed by atoms with Gasteiger partial charge in [-0.05, 0) is 54.6 Å². The fourth-order valence-electron chi connectivity index (χ4n) is 2.42. The second-order valence-electron chi connectivity index (χ2n) is 6.27. The average Bonchev–Trinajstić information content (AvgIpc) is 3.06. The molecular weight excluding hydrogens is 240 g/mol. The van der Waals surface area contributed by atoms with Gasteiger partial charge in [-0.25, -0.2) is 0 Å². The molecule has 102 valence electrons. The molecule has 0 radical (unpaired) electrons. The van der Waals surface area contributed by atoms with Crippen molar-refractivity contribution in [3.05, 3.63) is 22.4 Å². The van der Waals surface area contributed by atoms with Crippen LogP contribution in [0.5, 0.6) is 0 Å². The molecule has 1 heterocycles. The van der Waals surface area contributed by atoms with Gasteiger partial charge in [-0.1, -0.05) is 13.8 Å². The highest BCUT2D eigenvalue weighted by Crippen LogP contribution is 2.33. The molecule has 2 rings (SSSR count). The first-order valence-electron chi connectivity index (χ1n) is 6.95. The predicted molar refractivity (Wildman–Crippen MR) is 80.1 cm³/mol. The first kappa shape index (κ1) is 14.0. The van der Waals surface area contributed by atoms with Crippen molar-refractivity contribution in [2.24, 2.45) is 5.41 Å². The maximum atomic E-state index is 3.40. The zero-order valence-electron chi connectivity index (χ0n) is 12.1. The quantitative estimate of drug-likeness (QED) is 0.814. The lowest BCUT2D eigenvalue weighted by molar-refractivity contribution is 0.133. The highest BCUT2D eigenvalue weighted by molar-refractivity contribution is 7.07. The Hall–Kier alpha value is -0.380. The average molecular weight is 266 g/mol.